The standard InChI is InChI=1S/C15H37N7O/c1-2-15(23)22-14-13-21-12-11-20-10-9-19-8-7-18-6-5-17-4-3-16/h17-21H,2-14,16H2,1H3,(H,22,23). The van der Waals surface area contributed by atoms with Crippen LogP contribution >= 0.6 is 0 Å². The van der Waals surface area contributed by atoms with Crippen LogP contribution in [0.25, 0.3) is 0 Å². The zero-order chi connectivity index (χ0) is 17.0. The summed E-state index contributed by atoms with van der Waals surface area (Å²) in [5, 5.41) is 19.5. The van der Waals surface area contributed by atoms with Gasteiger partial charge in [0.2, 0.25) is 5.91 Å². The van der Waals surface area contributed by atoms with Crippen LogP contribution in [0.4, 0.5) is 0 Å². The highest BCUT2D eigenvalue weighted by Gasteiger charge is 1.94. The SMILES string of the molecule is CCC(=O)NCCNCCNCCNCCNCCNCCN. The van der Waals surface area contributed by atoms with Crippen LogP contribution in [0.2, 0.25) is 0 Å². The molecule has 0 aromatic carbocycles. The Morgan fingerprint density at radius 2 is 1.00 bits per heavy atom. The van der Waals surface area contributed by atoms with E-state index in [0.29, 0.717) is 19.5 Å². The average molecular weight is 332 g/mol. The van der Waals surface area contributed by atoms with E-state index in [4.69, 9.17) is 5.73 Å². The first-order chi connectivity index (χ1) is 11.3. The summed E-state index contributed by atoms with van der Waals surface area (Å²) in [7, 11) is 0. The summed E-state index contributed by atoms with van der Waals surface area (Å²) in [6, 6.07) is 0. The molecule has 1 amide bonds. The Balaban J connectivity index is 2.99. The van der Waals surface area contributed by atoms with Crippen molar-refractivity contribution in [2.75, 3.05) is 78.5 Å². The van der Waals surface area contributed by atoms with E-state index in [1.165, 1.54) is 0 Å². The Kier molecular flexibility index (Phi) is 18.6. The molecule has 8 heteroatoms. The average Bonchev–Trinajstić information content (AvgIpc) is 2.57. The van der Waals surface area contributed by atoms with E-state index in [0.717, 1.165) is 65.4 Å². The molecule has 0 aliphatic carbocycles. The fraction of sp³-hybridized carbons (Fsp3) is 0.933. The molecule has 0 fully saturated rings. The van der Waals surface area contributed by atoms with Gasteiger partial charge in [-0.15, -0.1) is 0 Å². The number of hydrogen-bond donors (Lipinski definition) is 7. The topological polar surface area (TPSA) is 115 Å². The van der Waals surface area contributed by atoms with Crippen molar-refractivity contribution >= 4 is 5.91 Å². The van der Waals surface area contributed by atoms with Crippen LogP contribution < -0.4 is 37.6 Å². The second kappa shape index (κ2) is 19.3. The van der Waals surface area contributed by atoms with Gasteiger partial charge < -0.3 is 37.6 Å². The van der Waals surface area contributed by atoms with Gasteiger partial charge in [-0.05, 0) is 0 Å². The quantitative estimate of drug-likeness (QED) is 0.138. The molecule has 0 unspecified atom stereocenters. The van der Waals surface area contributed by atoms with Gasteiger partial charge in [0.25, 0.3) is 0 Å². The van der Waals surface area contributed by atoms with Gasteiger partial charge in [-0.1, -0.05) is 6.92 Å². The zero-order valence-corrected chi connectivity index (χ0v) is 14.7. The highest BCUT2D eigenvalue weighted by Crippen LogP contribution is 1.72. The van der Waals surface area contributed by atoms with Crippen LogP contribution in [0.1, 0.15) is 13.3 Å². The molecule has 0 saturated carbocycles. The molecule has 0 rings (SSSR count). The van der Waals surface area contributed by atoms with Gasteiger partial charge in [0.15, 0.2) is 0 Å². The third-order valence-electron chi connectivity index (χ3n) is 3.18. The molecule has 23 heavy (non-hydrogen) atoms. The molecular weight excluding hydrogens is 294 g/mol. The first kappa shape index (κ1) is 22.2. The Hall–Kier alpha value is -0.770. The lowest BCUT2D eigenvalue weighted by molar-refractivity contribution is -0.120. The Morgan fingerprint density at radius 3 is 1.35 bits per heavy atom. The highest BCUT2D eigenvalue weighted by molar-refractivity contribution is 5.75. The molecule has 0 aromatic heterocycles. The molecule has 0 heterocycles. The van der Waals surface area contributed by atoms with Gasteiger partial charge in [0.05, 0.1) is 0 Å². The molecule has 0 radical (unpaired) electrons. The summed E-state index contributed by atoms with van der Waals surface area (Å²) < 4.78 is 0. The minimum absolute atomic E-state index is 0.109. The minimum atomic E-state index is 0.109. The first-order valence-electron chi connectivity index (χ1n) is 8.81. The van der Waals surface area contributed by atoms with Crippen molar-refractivity contribution in [3.8, 4) is 0 Å². The number of carbonyl (C=O) groups excluding carboxylic acids is 1. The van der Waals surface area contributed by atoms with Crippen LogP contribution in [0, 0.1) is 0 Å². The molecule has 138 valence electrons. The highest BCUT2D eigenvalue weighted by atomic mass is 16.1. The third-order valence-corrected chi connectivity index (χ3v) is 3.18. The van der Waals surface area contributed by atoms with E-state index < -0.39 is 0 Å². The number of rotatable bonds is 18. The molecule has 0 aromatic rings. The molecule has 0 spiro atoms. The van der Waals surface area contributed by atoms with Gasteiger partial charge in [-0.25, -0.2) is 0 Å². The first-order valence-corrected chi connectivity index (χ1v) is 8.81. The summed E-state index contributed by atoms with van der Waals surface area (Å²) in [6.07, 6.45) is 0.551. The lowest BCUT2D eigenvalue weighted by Gasteiger charge is -2.09. The van der Waals surface area contributed by atoms with Crippen molar-refractivity contribution < 1.29 is 4.79 Å². The van der Waals surface area contributed by atoms with E-state index in [9.17, 15) is 4.79 Å². The zero-order valence-electron chi connectivity index (χ0n) is 14.7. The predicted octanol–water partition coefficient (Wildman–Crippen LogP) is -2.58. The maximum Gasteiger partial charge on any atom is 0.219 e. The van der Waals surface area contributed by atoms with E-state index in [1.54, 1.807) is 0 Å². The van der Waals surface area contributed by atoms with Crippen molar-refractivity contribution in [2.45, 2.75) is 13.3 Å². The summed E-state index contributed by atoms with van der Waals surface area (Å²) in [4.78, 5) is 11.0. The van der Waals surface area contributed by atoms with Crippen LogP contribution in [-0.2, 0) is 4.79 Å². The molecule has 0 aliphatic rings. The van der Waals surface area contributed by atoms with Gasteiger partial charge in [0, 0.05) is 85.0 Å². The van der Waals surface area contributed by atoms with Crippen LogP contribution in [0.5, 0.6) is 0 Å². The third kappa shape index (κ3) is 19.2. The van der Waals surface area contributed by atoms with Gasteiger partial charge in [0.1, 0.15) is 0 Å². The van der Waals surface area contributed by atoms with Crippen molar-refractivity contribution in [1.82, 2.24) is 31.9 Å². The van der Waals surface area contributed by atoms with Gasteiger partial charge in [-0.3, -0.25) is 4.79 Å². The maximum absolute atomic E-state index is 11.0. The number of carbonyl (C=O) groups is 1. The smallest absolute Gasteiger partial charge is 0.219 e. The van der Waals surface area contributed by atoms with Crippen LogP contribution in [0.3, 0.4) is 0 Å². The molecule has 0 aliphatic heterocycles. The minimum Gasteiger partial charge on any atom is -0.355 e. The molecule has 8 N–H and O–H groups in total. The van der Waals surface area contributed by atoms with Crippen molar-refractivity contribution in [2.24, 2.45) is 5.73 Å². The maximum atomic E-state index is 11.0. The second-order valence-corrected chi connectivity index (χ2v) is 5.24. The van der Waals surface area contributed by atoms with Crippen LogP contribution in [0.15, 0.2) is 0 Å². The molecule has 8 nitrogen and oxygen atoms in total. The van der Waals surface area contributed by atoms with Crippen molar-refractivity contribution in [1.29, 1.82) is 0 Å². The van der Waals surface area contributed by atoms with Crippen molar-refractivity contribution in [3.63, 3.8) is 0 Å². The van der Waals surface area contributed by atoms with Crippen molar-refractivity contribution in [3.05, 3.63) is 0 Å². The predicted molar refractivity (Wildman–Crippen MR) is 96.7 cm³/mol. The molecule has 0 atom stereocenters. The normalized spacial score (nSPS) is 10.9. The van der Waals surface area contributed by atoms with E-state index >= 15 is 0 Å². The monoisotopic (exact) mass is 331 g/mol. The van der Waals surface area contributed by atoms with E-state index in [-0.39, 0.29) is 5.91 Å². The van der Waals surface area contributed by atoms with E-state index in [2.05, 4.69) is 31.9 Å². The fourth-order valence-corrected chi connectivity index (χ4v) is 1.85. The van der Waals surface area contributed by atoms with Gasteiger partial charge in [-0.2, -0.15) is 0 Å². The lowest BCUT2D eigenvalue weighted by Crippen LogP contribution is -2.38. The largest absolute Gasteiger partial charge is 0.355 e. The summed E-state index contributed by atoms with van der Waals surface area (Å²) in [5.41, 5.74) is 5.39. The van der Waals surface area contributed by atoms with E-state index in [1.807, 2.05) is 6.92 Å². The van der Waals surface area contributed by atoms with Gasteiger partial charge >= 0.3 is 0 Å². The Morgan fingerprint density at radius 1 is 0.652 bits per heavy atom. The second-order valence-electron chi connectivity index (χ2n) is 5.24. The summed E-state index contributed by atoms with van der Waals surface area (Å²) >= 11 is 0. The number of amides is 1. The Labute approximate surface area is 141 Å². The number of nitrogens with two attached hydrogens (primary N) is 1. The van der Waals surface area contributed by atoms with Crippen LogP contribution in [-0.4, -0.2) is 84.4 Å². The summed E-state index contributed by atoms with van der Waals surface area (Å²) in [6.45, 7) is 12.6. The molecule has 0 bridgehead atoms. The fourth-order valence-electron chi connectivity index (χ4n) is 1.85. The lowest BCUT2D eigenvalue weighted by atomic mass is 10.4. The number of hydrogen-bond acceptors (Lipinski definition) is 7. The molecule has 0 saturated heterocycles. The Bertz CT molecular complexity index is 254. The number of nitrogens with one attached hydrogen (secondary N) is 6. The molecular formula is C15H37N7O. The summed E-state index contributed by atoms with van der Waals surface area (Å²) in [5.74, 6) is 0.109.